The van der Waals surface area contributed by atoms with Gasteiger partial charge in [-0.15, -0.1) is 0 Å². The van der Waals surface area contributed by atoms with E-state index in [0.717, 1.165) is 33.1 Å². The first-order valence-corrected chi connectivity index (χ1v) is 19.5. The van der Waals surface area contributed by atoms with Gasteiger partial charge in [0.2, 0.25) is 17.7 Å². The Balaban J connectivity index is 1.38. The van der Waals surface area contributed by atoms with Gasteiger partial charge in [0.15, 0.2) is 5.11 Å². The van der Waals surface area contributed by atoms with Crippen molar-refractivity contribution in [3.05, 3.63) is 99.5 Å². The molecule has 1 unspecified atom stereocenters. The maximum absolute atomic E-state index is 12.6. The van der Waals surface area contributed by atoms with Crippen molar-refractivity contribution in [2.75, 3.05) is 77.3 Å². The molecule has 1 aliphatic rings. The molecule has 0 spiro atoms. The van der Waals surface area contributed by atoms with Crippen molar-refractivity contribution >= 4 is 68.9 Å². The number of amides is 4. The molecule has 1 saturated heterocycles. The highest BCUT2D eigenvalue weighted by Crippen LogP contribution is 2.16. The third kappa shape index (κ3) is 15.8. The maximum atomic E-state index is 12.6. The number of carbonyl (C=O) groups is 5. The average molecular weight is 852 g/mol. The van der Waals surface area contributed by atoms with Gasteiger partial charge in [-0.2, -0.15) is 0 Å². The first-order valence-electron chi connectivity index (χ1n) is 18.3. The summed E-state index contributed by atoms with van der Waals surface area (Å²) in [6.07, 6.45) is 1.34. The Kier molecular flexibility index (Phi) is 17.8. The van der Waals surface area contributed by atoms with Crippen LogP contribution in [0.5, 0.6) is 0 Å². The fraction of sp³-hybridized carbons (Fsp3) is 0.385. The van der Waals surface area contributed by atoms with Crippen LogP contribution in [0, 0.1) is 0 Å². The second-order valence-corrected chi connectivity index (χ2v) is 15.0. The van der Waals surface area contributed by atoms with Crippen molar-refractivity contribution in [1.29, 1.82) is 0 Å². The van der Waals surface area contributed by atoms with E-state index in [1.807, 2.05) is 80.3 Å². The number of nitrogens with two attached hydrogens (primary N) is 3. The molecule has 1 heterocycles. The lowest BCUT2D eigenvalue weighted by atomic mass is 10.0. The zero-order valence-corrected chi connectivity index (χ0v) is 33.7. The molecule has 0 aromatic heterocycles. The number of carbonyl (C=O) groups excluding carboxylic acids is 5. The van der Waals surface area contributed by atoms with E-state index < -0.39 is 17.7 Å². The second-order valence-electron chi connectivity index (χ2n) is 13.7. The Morgan fingerprint density at radius 3 is 1.80 bits per heavy atom. The lowest BCUT2D eigenvalue weighted by molar-refractivity contribution is -0.122. The summed E-state index contributed by atoms with van der Waals surface area (Å²) in [5.74, 6) is -1.62. The van der Waals surface area contributed by atoms with Crippen LogP contribution in [0.4, 0.5) is 5.69 Å². The number of aldehydes is 1. The normalized spacial score (nSPS) is 16.5. The van der Waals surface area contributed by atoms with Gasteiger partial charge < -0.3 is 37.9 Å². The summed E-state index contributed by atoms with van der Waals surface area (Å²) in [4.78, 5) is 68.2. The van der Waals surface area contributed by atoms with E-state index in [9.17, 15) is 24.0 Å². The van der Waals surface area contributed by atoms with Crippen molar-refractivity contribution in [2.45, 2.75) is 25.6 Å². The smallest absolute Gasteiger partial charge is 0.251 e. The van der Waals surface area contributed by atoms with Gasteiger partial charge in [0.05, 0.1) is 26.2 Å². The molecule has 0 bridgehead atoms. The van der Waals surface area contributed by atoms with Gasteiger partial charge >= 0.3 is 0 Å². The first kappa shape index (κ1) is 43.9. The van der Waals surface area contributed by atoms with Crippen LogP contribution in [0.3, 0.4) is 0 Å². The van der Waals surface area contributed by atoms with Crippen LogP contribution in [0.1, 0.15) is 27.0 Å². The van der Waals surface area contributed by atoms with E-state index in [2.05, 4.69) is 31.9 Å². The number of anilines is 1. The summed E-state index contributed by atoms with van der Waals surface area (Å²) in [5, 5.41) is 9.76. The summed E-state index contributed by atoms with van der Waals surface area (Å²) >= 11 is 8.97. The zero-order valence-electron chi connectivity index (χ0n) is 31.3. The minimum absolute atomic E-state index is 0.00371. The van der Waals surface area contributed by atoms with Gasteiger partial charge in [-0.1, -0.05) is 52.3 Å². The van der Waals surface area contributed by atoms with Crippen molar-refractivity contribution in [1.82, 2.24) is 30.2 Å². The molecule has 1 aliphatic heterocycles. The number of rotatable bonds is 16. The highest BCUT2D eigenvalue weighted by Gasteiger charge is 2.26. The molecule has 3 aromatic carbocycles. The molecular weight excluding hydrogens is 800 g/mol. The molecule has 3 aromatic rings. The fourth-order valence-electron chi connectivity index (χ4n) is 6.39. The van der Waals surface area contributed by atoms with E-state index in [1.165, 1.54) is 0 Å². The van der Waals surface area contributed by atoms with Gasteiger partial charge in [-0.25, -0.2) is 0 Å². The largest absolute Gasteiger partial charge is 0.369 e. The predicted octanol–water partition coefficient (Wildman–Crippen LogP) is 0.653. The molecule has 17 heteroatoms. The third-order valence-electron chi connectivity index (χ3n) is 9.32. The van der Waals surface area contributed by atoms with Crippen LogP contribution in [-0.4, -0.2) is 133 Å². The number of nitrogens with zero attached hydrogens (tertiary/aromatic N) is 4. The van der Waals surface area contributed by atoms with Crippen molar-refractivity contribution in [3.63, 3.8) is 0 Å². The Morgan fingerprint density at radius 1 is 0.679 bits per heavy atom. The van der Waals surface area contributed by atoms with E-state index in [4.69, 9.17) is 29.4 Å². The van der Waals surface area contributed by atoms with E-state index in [1.54, 1.807) is 12.1 Å². The number of hydrogen-bond donors (Lipinski definition) is 6. The van der Waals surface area contributed by atoms with Gasteiger partial charge in [-0.05, 0) is 71.7 Å². The summed E-state index contributed by atoms with van der Waals surface area (Å²) in [6, 6.07) is 22.6. The Labute approximate surface area is 341 Å². The molecule has 9 N–H and O–H groups in total. The van der Waals surface area contributed by atoms with Gasteiger partial charge in [-0.3, -0.25) is 38.8 Å². The summed E-state index contributed by atoms with van der Waals surface area (Å²) < 4.78 is 0.981. The SMILES string of the molecule is NC(=O)CN1CCN(CC=O)CCN(CC(N)=O)CC(Cc2ccc(NC(=S)NCc3ccc(C(=O)NCc4ccc(Br)cc4)cc3)cc2)N(CC(N)=O)CC1. The van der Waals surface area contributed by atoms with E-state index >= 15 is 0 Å². The lowest BCUT2D eigenvalue weighted by Crippen LogP contribution is -2.54. The molecule has 56 heavy (non-hydrogen) atoms. The second kappa shape index (κ2) is 22.7. The highest BCUT2D eigenvalue weighted by atomic mass is 79.9. The molecule has 1 atom stereocenters. The minimum atomic E-state index is -0.503. The monoisotopic (exact) mass is 850 g/mol. The molecule has 0 aliphatic carbocycles. The summed E-state index contributed by atoms with van der Waals surface area (Å²) in [7, 11) is 0. The van der Waals surface area contributed by atoms with Gasteiger partial charge in [0.25, 0.3) is 5.91 Å². The number of benzene rings is 3. The van der Waals surface area contributed by atoms with Crippen LogP contribution < -0.4 is 33.2 Å². The topological polar surface area (TPSA) is 212 Å². The molecule has 0 saturated carbocycles. The Bertz CT molecular complexity index is 1780. The van der Waals surface area contributed by atoms with E-state index in [-0.39, 0.29) is 38.1 Å². The quantitative estimate of drug-likeness (QED) is 0.0867. The molecule has 1 fully saturated rings. The molecule has 4 amide bonds. The van der Waals surface area contributed by atoms with Crippen LogP contribution in [0.25, 0.3) is 0 Å². The minimum Gasteiger partial charge on any atom is -0.369 e. The van der Waals surface area contributed by atoms with E-state index in [0.29, 0.717) is 76.0 Å². The zero-order chi connectivity index (χ0) is 40.5. The molecular formula is C39H51BrN10O5S. The van der Waals surface area contributed by atoms with Crippen molar-refractivity contribution in [2.24, 2.45) is 17.2 Å². The van der Waals surface area contributed by atoms with Crippen LogP contribution in [0.2, 0.25) is 0 Å². The van der Waals surface area contributed by atoms with Gasteiger partial charge in [0, 0.05) is 80.7 Å². The number of nitrogens with one attached hydrogen (secondary N) is 3. The first-order chi connectivity index (χ1) is 26.9. The fourth-order valence-corrected chi connectivity index (χ4v) is 6.85. The number of thiocarbonyl (C=S) groups is 1. The summed E-state index contributed by atoms with van der Waals surface area (Å²) in [5.41, 5.74) is 21.2. The molecule has 4 rings (SSSR count). The molecule has 0 radical (unpaired) electrons. The molecule has 300 valence electrons. The third-order valence-corrected chi connectivity index (χ3v) is 10.1. The van der Waals surface area contributed by atoms with Crippen LogP contribution in [0.15, 0.2) is 77.3 Å². The van der Waals surface area contributed by atoms with Gasteiger partial charge in [0.1, 0.15) is 6.29 Å². The molecule has 15 nitrogen and oxygen atoms in total. The van der Waals surface area contributed by atoms with Crippen molar-refractivity contribution in [3.8, 4) is 0 Å². The number of hydrogen-bond acceptors (Lipinski definition) is 10. The maximum Gasteiger partial charge on any atom is 0.251 e. The van der Waals surface area contributed by atoms with Crippen molar-refractivity contribution < 1.29 is 24.0 Å². The predicted molar refractivity (Wildman–Crippen MR) is 223 cm³/mol. The van der Waals surface area contributed by atoms with Crippen LogP contribution in [-0.2, 0) is 38.7 Å². The summed E-state index contributed by atoms with van der Waals surface area (Å²) in [6.45, 7) is 4.25. The highest BCUT2D eigenvalue weighted by molar-refractivity contribution is 9.10. The number of primary amides is 3. The van der Waals surface area contributed by atoms with Crippen LogP contribution >= 0.6 is 28.1 Å². The number of halogens is 1. The Hall–Kier alpha value is -4.78. The lowest BCUT2D eigenvalue weighted by Gasteiger charge is -2.38. The standard InChI is InChI=1S/C39H51BrN10O5S/c40-32-9-3-30(4-10-32)22-44-38(55)31-7-1-29(2-8-31)23-45-39(56)46-33-11-5-28(6-12-33)21-34-24-49(26-36(42)53)16-14-47(19-20-51)13-15-48(25-35(41)52)17-18-50(34)27-37(43)54/h1-12,20,34H,13-19,21-27H2,(H2,41,52)(H2,42,53)(H2,43,54)(H,44,55)(H2,45,46,56). The average Bonchev–Trinajstić information content (AvgIpc) is 3.15. The Morgan fingerprint density at radius 2 is 1.20 bits per heavy atom.